The van der Waals surface area contributed by atoms with Gasteiger partial charge in [-0.2, -0.15) is 0 Å². The molecule has 0 atom stereocenters. The summed E-state index contributed by atoms with van der Waals surface area (Å²) in [6.45, 7) is 12.3. The molecule has 0 aromatic heterocycles. The first kappa shape index (κ1) is 23.0. The lowest BCUT2D eigenvalue weighted by molar-refractivity contribution is 0.591. The summed E-state index contributed by atoms with van der Waals surface area (Å²) in [7, 11) is -3.78. The highest BCUT2D eigenvalue weighted by Gasteiger charge is 2.27. The van der Waals surface area contributed by atoms with Crippen molar-refractivity contribution in [3.8, 4) is 0 Å². The fraction of sp³-hybridized carbons (Fsp3) is 0.154. The van der Waals surface area contributed by atoms with E-state index in [1.54, 1.807) is 18.2 Å². The average Bonchev–Trinajstić information content (AvgIpc) is 2.75. The molecule has 0 N–H and O–H groups in total. The minimum atomic E-state index is -3.78. The number of sulfonamides is 1. The second kappa shape index (κ2) is 9.67. The van der Waals surface area contributed by atoms with Gasteiger partial charge >= 0.3 is 0 Å². The van der Waals surface area contributed by atoms with Crippen LogP contribution in [0.2, 0.25) is 0 Å². The Balaban J connectivity index is 2.19. The third kappa shape index (κ3) is 5.00. The molecular weight excluding hydrogens is 470 g/mol. The first-order valence-electron chi connectivity index (χ1n) is 10.0. The van der Waals surface area contributed by atoms with Crippen LogP contribution in [0.1, 0.15) is 28.7 Å². The van der Waals surface area contributed by atoms with Crippen LogP contribution in [0.3, 0.4) is 0 Å². The van der Waals surface area contributed by atoms with Crippen LogP contribution in [-0.4, -0.2) is 15.0 Å². The molecule has 3 aromatic rings. The summed E-state index contributed by atoms with van der Waals surface area (Å²) < 4.78 is 29.6. The highest BCUT2D eigenvalue weighted by molar-refractivity contribution is 9.10. The Hall–Kier alpha value is -2.63. The predicted octanol–water partition coefficient (Wildman–Crippen LogP) is 6.90. The quantitative estimate of drug-likeness (QED) is 0.318. The normalized spacial score (nSPS) is 11.2. The Morgan fingerprint density at radius 3 is 2.32 bits per heavy atom. The SMILES string of the molecule is C=CCCN(c1ccc(Br)cc1C(=C)c1ccccc1C)S(=O)(=O)c1ccc(C)cc1. The molecule has 3 nitrogen and oxygen atoms in total. The Morgan fingerprint density at radius 1 is 1.00 bits per heavy atom. The van der Waals surface area contributed by atoms with Gasteiger partial charge in [0.1, 0.15) is 0 Å². The number of aryl methyl sites for hydroxylation is 2. The molecule has 0 bridgehead atoms. The minimum Gasteiger partial charge on any atom is -0.265 e. The monoisotopic (exact) mass is 495 g/mol. The van der Waals surface area contributed by atoms with Crippen molar-refractivity contribution < 1.29 is 8.42 Å². The second-order valence-corrected chi connectivity index (χ2v) is 10.2. The second-order valence-electron chi connectivity index (χ2n) is 7.42. The van der Waals surface area contributed by atoms with Gasteiger partial charge in [-0.3, -0.25) is 4.31 Å². The molecule has 0 heterocycles. The topological polar surface area (TPSA) is 37.4 Å². The van der Waals surface area contributed by atoms with E-state index in [9.17, 15) is 8.42 Å². The van der Waals surface area contributed by atoms with E-state index in [-0.39, 0.29) is 11.4 Å². The molecule has 0 unspecified atom stereocenters. The van der Waals surface area contributed by atoms with Crippen molar-refractivity contribution >= 4 is 37.2 Å². The van der Waals surface area contributed by atoms with E-state index in [1.807, 2.05) is 68.4 Å². The van der Waals surface area contributed by atoms with Crippen molar-refractivity contribution in [2.45, 2.75) is 25.2 Å². The van der Waals surface area contributed by atoms with Crippen molar-refractivity contribution in [1.29, 1.82) is 0 Å². The van der Waals surface area contributed by atoms with E-state index in [2.05, 4.69) is 29.1 Å². The zero-order chi connectivity index (χ0) is 22.6. The summed E-state index contributed by atoms with van der Waals surface area (Å²) in [5.74, 6) is 0. The fourth-order valence-electron chi connectivity index (χ4n) is 3.44. The molecule has 0 aliphatic heterocycles. The van der Waals surface area contributed by atoms with Crippen LogP contribution in [0, 0.1) is 13.8 Å². The Labute approximate surface area is 193 Å². The first-order chi connectivity index (χ1) is 14.8. The summed E-state index contributed by atoms with van der Waals surface area (Å²) >= 11 is 3.54. The molecule has 31 heavy (non-hydrogen) atoms. The summed E-state index contributed by atoms with van der Waals surface area (Å²) in [6.07, 6.45) is 2.25. The number of anilines is 1. The van der Waals surface area contributed by atoms with Crippen LogP contribution >= 0.6 is 15.9 Å². The Morgan fingerprint density at radius 2 is 1.68 bits per heavy atom. The van der Waals surface area contributed by atoms with Gasteiger partial charge in [-0.05, 0) is 67.3 Å². The van der Waals surface area contributed by atoms with Crippen LogP contribution in [-0.2, 0) is 10.0 Å². The molecular formula is C26H26BrNO2S. The zero-order valence-electron chi connectivity index (χ0n) is 17.8. The molecule has 0 saturated carbocycles. The standard InChI is InChI=1S/C26H26BrNO2S/c1-5-6-17-28(31(29,30)23-14-11-19(2)12-15-23)26-16-13-22(27)18-25(26)21(4)24-10-8-7-9-20(24)3/h5,7-16,18H,1,4,6,17H2,2-3H3. The lowest BCUT2D eigenvalue weighted by atomic mass is 9.94. The lowest BCUT2D eigenvalue weighted by Gasteiger charge is -2.27. The third-order valence-corrected chi connectivity index (χ3v) is 7.49. The highest BCUT2D eigenvalue weighted by Crippen LogP contribution is 2.36. The summed E-state index contributed by atoms with van der Waals surface area (Å²) in [5, 5.41) is 0. The van der Waals surface area contributed by atoms with Gasteiger partial charge in [0.25, 0.3) is 10.0 Å². The van der Waals surface area contributed by atoms with Crippen LogP contribution < -0.4 is 4.31 Å². The van der Waals surface area contributed by atoms with Crippen molar-refractivity contribution in [1.82, 2.24) is 0 Å². The molecule has 160 valence electrons. The van der Waals surface area contributed by atoms with E-state index in [1.165, 1.54) is 4.31 Å². The Kier molecular flexibility index (Phi) is 7.19. The van der Waals surface area contributed by atoms with Crippen LogP contribution in [0.4, 0.5) is 5.69 Å². The largest absolute Gasteiger partial charge is 0.265 e. The number of benzene rings is 3. The van der Waals surface area contributed by atoms with Gasteiger partial charge in [-0.1, -0.05) is 70.5 Å². The zero-order valence-corrected chi connectivity index (χ0v) is 20.2. The number of halogens is 1. The minimum absolute atomic E-state index is 0.262. The maximum Gasteiger partial charge on any atom is 0.264 e. The van der Waals surface area contributed by atoms with E-state index in [4.69, 9.17) is 0 Å². The van der Waals surface area contributed by atoms with Crippen molar-refractivity contribution in [3.05, 3.63) is 113 Å². The smallest absolute Gasteiger partial charge is 0.264 e. The van der Waals surface area contributed by atoms with Crippen LogP contribution in [0.15, 0.2) is 95.3 Å². The van der Waals surface area contributed by atoms with Gasteiger partial charge in [0.05, 0.1) is 10.6 Å². The molecule has 0 aliphatic rings. The molecule has 0 amide bonds. The van der Waals surface area contributed by atoms with Gasteiger partial charge in [0.15, 0.2) is 0 Å². The molecule has 0 radical (unpaired) electrons. The molecule has 5 heteroatoms. The summed E-state index contributed by atoms with van der Waals surface area (Å²) in [6, 6.07) is 20.5. The maximum absolute atomic E-state index is 13.7. The van der Waals surface area contributed by atoms with Gasteiger partial charge in [-0.25, -0.2) is 8.42 Å². The van der Waals surface area contributed by atoms with E-state index < -0.39 is 10.0 Å². The number of hydrogen-bond donors (Lipinski definition) is 0. The molecule has 3 rings (SSSR count). The van der Waals surface area contributed by atoms with Gasteiger partial charge < -0.3 is 0 Å². The van der Waals surface area contributed by atoms with E-state index >= 15 is 0 Å². The lowest BCUT2D eigenvalue weighted by Crippen LogP contribution is -2.32. The number of rotatable bonds is 8. The highest BCUT2D eigenvalue weighted by atomic mass is 79.9. The molecule has 0 spiro atoms. The van der Waals surface area contributed by atoms with E-state index in [0.29, 0.717) is 12.1 Å². The molecule has 0 fully saturated rings. The van der Waals surface area contributed by atoms with Crippen molar-refractivity contribution in [2.75, 3.05) is 10.8 Å². The molecule has 3 aromatic carbocycles. The van der Waals surface area contributed by atoms with Crippen molar-refractivity contribution in [3.63, 3.8) is 0 Å². The number of hydrogen-bond acceptors (Lipinski definition) is 2. The van der Waals surface area contributed by atoms with E-state index in [0.717, 1.165) is 32.3 Å². The van der Waals surface area contributed by atoms with Crippen LogP contribution in [0.25, 0.3) is 5.57 Å². The van der Waals surface area contributed by atoms with Crippen LogP contribution in [0.5, 0.6) is 0 Å². The first-order valence-corrected chi connectivity index (χ1v) is 12.2. The van der Waals surface area contributed by atoms with Gasteiger partial charge in [-0.15, -0.1) is 6.58 Å². The molecule has 0 saturated heterocycles. The van der Waals surface area contributed by atoms with Crippen molar-refractivity contribution in [2.24, 2.45) is 0 Å². The summed E-state index contributed by atoms with van der Waals surface area (Å²) in [5.41, 5.74) is 5.21. The summed E-state index contributed by atoms with van der Waals surface area (Å²) in [4.78, 5) is 0.262. The predicted molar refractivity (Wildman–Crippen MR) is 134 cm³/mol. The van der Waals surface area contributed by atoms with Gasteiger partial charge in [0, 0.05) is 16.6 Å². The maximum atomic E-state index is 13.7. The third-order valence-electron chi connectivity index (χ3n) is 5.17. The molecule has 0 aliphatic carbocycles. The van der Waals surface area contributed by atoms with Gasteiger partial charge in [0.2, 0.25) is 0 Å². The fourth-order valence-corrected chi connectivity index (χ4v) is 5.30. The number of nitrogens with zero attached hydrogens (tertiary/aromatic N) is 1. The average molecular weight is 496 g/mol. The Bertz CT molecular complexity index is 1210.